The lowest BCUT2D eigenvalue weighted by Gasteiger charge is -2.11. The number of methoxy groups -OCH3 is 1. The average molecular weight is 436 g/mol. The molecule has 0 unspecified atom stereocenters. The van der Waals surface area contributed by atoms with Gasteiger partial charge in [0.25, 0.3) is 5.69 Å². The Labute approximate surface area is 164 Å². The zero-order chi connectivity index (χ0) is 19.8. The van der Waals surface area contributed by atoms with Crippen molar-refractivity contribution in [3.05, 3.63) is 62.1 Å². The van der Waals surface area contributed by atoms with E-state index in [1.54, 1.807) is 24.3 Å². The molecule has 142 valence electrons. The Balaban J connectivity index is 2.07. The number of hydrazone groups is 1. The third-order valence-electron chi connectivity index (χ3n) is 3.51. The minimum atomic E-state index is -0.519. The SMILES string of the molecule is CCOc1cc(Br)c(/C=N/NC(=O)Cc2ccccc2[N+](=O)[O-])cc1OC. The second kappa shape index (κ2) is 9.67. The van der Waals surface area contributed by atoms with Crippen molar-refractivity contribution in [1.29, 1.82) is 0 Å². The molecule has 1 amide bonds. The lowest BCUT2D eigenvalue weighted by atomic mass is 10.1. The zero-order valence-corrected chi connectivity index (χ0v) is 16.4. The minimum absolute atomic E-state index is 0.101. The van der Waals surface area contributed by atoms with Crippen LogP contribution < -0.4 is 14.9 Å². The molecule has 2 rings (SSSR count). The molecule has 0 spiro atoms. The Hall–Kier alpha value is -2.94. The van der Waals surface area contributed by atoms with Gasteiger partial charge in [-0.25, -0.2) is 5.43 Å². The number of rotatable bonds is 8. The topological polar surface area (TPSA) is 103 Å². The van der Waals surface area contributed by atoms with Crippen LogP contribution in [-0.2, 0) is 11.2 Å². The van der Waals surface area contributed by atoms with Gasteiger partial charge in [0.2, 0.25) is 5.91 Å². The number of ether oxygens (including phenoxy) is 2. The molecule has 8 nitrogen and oxygen atoms in total. The van der Waals surface area contributed by atoms with Crippen LogP contribution in [0.3, 0.4) is 0 Å². The summed E-state index contributed by atoms with van der Waals surface area (Å²) in [5.41, 5.74) is 3.25. The maximum atomic E-state index is 12.0. The molecule has 0 bridgehead atoms. The van der Waals surface area contributed by atoms with Gasteiger partial charge >= 0.3 is 0 Å². The Morgan fingerprint density at radius 2 is 2.07 bits per heavy atom. The number of nitrogens with one attached hydrogen (secondary N) is 1. The van der Waals surface area contributed by atoms with Gasteiger partial charge in [-0.2, -0.15) is 5.10 Å². The number of halogens is 1. The summed E-state index contributed by atoms with van der Waals surface area (Å²) in [7, 11) is 1.53. The molecule has 0 saturated carbocycles. The van der Waals surface area contributed by atoms with Crippen LogP contribution in [0.25, 0.3) is 0 Å². The van der Waals surface area contributed by atoms with Gasteiger partial charge in [-0.15, -0.1) is 0 Å². The summed E-state index contributed by atoms with van der Waals surface area (Å²) in [6.45, 7) is 2.37. The van der Waals surface area contributed by atoms with Gasteiger partial charge in [0, 0.05) is 21.7 Å². The van der Waals surface area contributed by atoms with Crippen LogP contribution in [0.5, 0.6) is 11.5 Å². The summed E-state index contributed by atoms with van der Waals surface area (Å²) >= 11 is 3.41. The largest absolute Gasteiger partial charge is 0.493 e. The highest BCUT2D eigenvalue weighted by Crippen LogP contribution is 2.32. The lowest BCUT2D eigenvalue weighted by molar-refractivity contribution is -0.385. The first-order valence-electron chi connectivity index (χ1n) is 8.00. The first-order valence-corrected chi connectivity index (χ1v) is 8.80. The molecular formula is C18H18BrN3O5. The number of carbonyl (C=O) groups excluding carboxylic acids is 1. The molecule has 0 aromatic heterocycles. The van der Waals surface area contributed by atoms with Crippen molar-refractivity contribution in [1.82, 2.24) is 5.43 Å². The first kappa shape index (κ1) is 20.4. The van der Waals surface area contributed by atoms with E-state index in [9.17, 15) is 14.9 Å². The van der Waals surface area contributed by atoms with Gasteiger partial charge in [-0.1, -0.05) is 18.2 Å². The predicted molar refractivity (Wildman–Crippen MR) is 104 cm³/mol. The molecule has 2 aromatic carbocycles. The highest BCUT2D eigenvalue weighted by atomic mass is 79.9. The maximum absolute atomic E-state index is 12.0. The van der Waals surface area contributed by atoms with E-state index < -0.39 is 10.8 Å². The minimum Gasteiger partial charge on any atom is -0.493 e. The molecule has 0 atom stereocenters. The first-order chi connectivity index (χ1) is 13.0. The maximum Gasteiger partial charge on any atom is 0.273 e. The Morgan fingerprint density at radius 3 is 2.74 bits per heavy atom. The van der Waals surface area contributed by atoms with E-state index in [4.69, 9.17) is 9.47 Å². The lowest BCUT2D eigenvalue weighted by Crippen LogP contribution is -2.20. The number of hydrogen-bond acceptors (Lipinski definition) is 6. The molecule has 27 heavy (non-hydrogen) atoms. The monoisotopic (exact) mass is 435 g/mol. The number of benzene rings is 2. The number of nitro groups is 1. The van der Waals surface area contributed by atoms with Gasteiger partial charge in [-0.3, -0.25) is 14.9 Å². The molecule has 1 N–H and O–H groups in total. The van der Waals surface area contributed by atoms with Crippen LogP contribution >= 0.6 is 15.9 Å². The highest BCUT2D eigenvalue weighted by molar-refractivity contribution is 9.10. The van der Waals surface area contributed by atoms with Crippen LogP contribution in [0.2, 0.25) is 0 Å². The normalized spacial score (nSPS) is 10.6. The predicted octanol–water partition coefficient (Wildman–Crippen LogP) is 3.46. The number of carbonyl (C=O) groups is 1. The van der Waals surface area contributed by atoms with Crippen molar-refractivity contribution in [3.8, 4) is 11.5 Å². The van der Waals surface area contributed by atoms with Gasteiger partial charge in [0.05, 0.1) is 31.3 Å². The number of hydrogen-bond donors (Lipinski definition) is 1. The summed E-state index contributed by atoms with van der Waals surface area (Å²) in [6, 6.07) is 9.55. The summed E-state index contributed by atoms with van der Waals surface area (Å²) in [5.74, 6) is 0.659. The van der Waals surface area contributed by atoms with Crippen LogP contribution in [0.1, 0.15) is 18.1 Å². The molecule has 0 saturated heterocycles. The standard InChI is InChI=1S/C18H18BrN3O5/c1-3-27-17-10-14(19)13(8-16(17)26-2)11-20-21-18(23)9-12-6-4-5-7-15(12)22(24)25/h4-8,10-11H,3,9H2,1-2H3,(H,21,23)/b20-11+. The van der Waals surface area contributed by atoms with E-state index in [2.05, 4.69) is 26.5 Å². The highest BCUT2D eigenvalue weighted by Gasteiger charge is 2.15. The smallest absolute Gasteiger partial charge is 0.273 e. The van der Waals surface area contributed by atoms with Gasteiger partial charge in [-0.05, 0) is 35.0 Å². The van der Waals surface area contributed by atoms with Crippen molar-refractivity contribution in [2.75, 3.05) is 13.7 Å². The molecule has 2 aromatic rings. The van der Waals surface area contributed by atoms with Crippen molar-refractivity contribution in [2.45, 2.75) is 13.3 Å². The Kier molecular flexibility index (Phi) is 7.30. The molecule has 0 aliphatic rings. The zero-order valence-electron chi connectivity index (χ0n) is 14.8. The van der Waals surface area contributed by atoms with Crippen molar-refractivity contribution < 1.29 is 19.2 Å². The van der Waals surface area contributed by atoms with Crippen LogP contribution in [-0.4, -0.2) is 30.8 Å². The van der Waals surface area contributed by atoms with Crippen molar-refractivity contribution in [2.24, 2.45) is 5.10 Å². The number of para-hydroxylation sites is 1. The molecule has 0 radical (unpaired) electrons. The third kappa shape index (κ3) is 5.52. The fourth-order valence-electron chi connectivity index (χ4n) is 2.30. The molecule has 0 aliphatic carbocycles. The van der Waals surface area contributed by atoms with Gasteiger partial charge < -0.3 is 9.47 Å². The molecule has 9 heteroatoms. The van der Waals surface area contributed by atoms with Crippen LogP contribution in [0, 0.1) is 10.1 Å². The van der Waals surface area contributed by atoms with E-state index >= 15 is 0 Å². The number of amides is 1. The van der Waals surface area contributed by atoms with E-state index in [1.807, 2.05) is 6.92 Å². The second-order valence-corrected chi connectivity index (χ2v) is 6.17. The van der Waals surface area contributed by atoms with Crippen LogP contribution in [0.15, 0.2) is 46.0 Å². The van der Waals surface area contributed by atoms with E-state index in [-0.39, 0.29) is 12.1 Å². The average Bonchev–Trinajstić information content (AvgIpc) is 2.64. The van der Waals surface area contributed by atoms with Crippen molar-refractivity contribution >= 4 is 33.7 Å². The summed E-state index contributed by atoms with van der Waals surface area (Å²) in [5, 5.41) is 14.9. The summed E-state index contributed by atoms with van der Waals surface area (Å²) in [4.78, 5) is 22.5. The van der Waals surface area contributed by atoms with E-state index in [0.29, 0.717) is 33.7 Å². The molecule has 0 fully saturated rings. The Bertz CT molecular complexity index is 870. The van der Waals surface area contributed by atoms with Gasteiger partial charge in [0.15, 0.2) is 11.5 Å². The number of nitrogens with zero attached hydrogens (tertiary/aromatic N) is 2. The molecule has 0 heterocycles. The summed E-state index contributed by atoms with van der Waals surface area (Å²) in [6.07, 6.45) is 1.29. The second-order valence-electron chi connectivity index (χ2n) is 5.31. The fraction of sp³-hybridized carbons (Fsp3) is 0.222. The van der Waals surface area contributed by atoms with Crippen molar-refractivity contribution in [3.63, 3.8) is 0 Å². The third-order valence-corrected chi connectivity index (χ3v) is 4.20. The van der Waals surface area contributed by atoms with E-state index in [0.717, 1.165) is 0 Å². The Morgan fingerprint density at radius 1 is 1.33 bits per heavy atom. The van der Waals surface area contributed by atoms with Crippen LogP contribution in [0.4, 0.5) is 5.69 Å². The van der Waals surface area contributed by atoms with Gasteiger partial charge in [0.1, 0.15) is 0 Å². The van der Waals surface area contributed by atoms with E-state index in [1.165, 1.54) is 25.5 Å². The molecule has 0 aliphatic heterocycles. The fourth-order valence-corrected chi connectivity index (χ4v) is 2.73. The summed E-state index contributed by atoms with van der Waals surface area (Å²) < 4.78 is 11.5. The molecular weight excluding hydrogens is 418 g/mol. The number of nitro benzene ring substituents is 1. The quantitative estimate of drug-likeness (QED) is 0.388.